The van der Waals surface area contributed by atoms with Crippen molar-refractivity contribution in [2.75, 3.05) is 13.2 Å². The maximum Gasteiger partial charge on any atom is 0.305 e. The largest absolute Gasteiger partial charge is 0.466 e. The van der Waals surface area contributed by atoms with Crippen LogP contribution in [0.25, 0.3) is 0 Å². The van der Waals surface area contributed by atoms with E-state index in [1.807, 2.05) is 0 Å². The number of aliphatic hydroxyl groups is 2. The molecular formula is C67H129NO5. The van der Waals surface area contributed by atoms with Crippen LogP contribution in [0.2, 0.25) is 0 Å². The van der Waals surface area contributed by atoms with Gasteiger partial charge in [-0.05, 0) is 57.8 Å². The van der Waals surface area contributed by atoms with Gasteiger partial charge in [-0.3, -0.25) is 9.59 Å². The highest BCUT2D eigenvalue weighted by atomic mass is 16.5. The fourth-order valence-corrected chi connectivity index (χ4v) is 10.4. The summed E-state index contributed by atoms with van der Waals surface area (Å²) < 4.78 is 5.50. The minimum Gasteiger partial charge on any atom is -0.466 e. The first-order valence-electron chi connectivity index (χ1n) is 33.1. The Bertz CT molecular complexity index is 1140. The van der Waals surface area contributed by atoms with Crippen molar-refractivity contribution < 1.29 is 24.5 Å². The molecule has 0 saturated heterocycles. The molecule has 6 heteroatoms. The molecule has 0 aromatic heterocycles. The minimum absolute atomic E-state index is 0.0143. The summed E-state index contributed by atoms with van der Waals surface area (Å²) in [4.78, 5) is 24.6. The summed E-state index contributed by atoms with van der Waals surface area (Å²) in [7, 11) is 0. The fraction of sp³-hybridized carbons (Fsp3) is 0.910. The summed E-state index contributed by atoms with van der Waals surface area (Å²) >= 11 is 0. The van der Waals surface area contributed by atoms with Crippen LogP contribution in [0.4, 0.5) is 0 Å². The lowest BCUT2D eigenvalue weighted by molar-refractivity contribution is -0.143. The monoisotopic (exact) mass is 1030 g/mol. The summed E-state index contributed by atoms with van der Waals surface area (Å²) in [6.45, 7) is 4.97. The first-order valence-corrected chi connectivity index (χ1v) is 33.1. The van der Waals surface area contributed by atoms with Gasteiger partial charge < -0.3 is 20.3 Å². The zero-order valence-corrected chi connectivity index (χ0v) is 49.4. The third kappa shape index (κ3) is 59.4. The van der Waals surface area contributed by atoms with E-state index in [1.165, 1.54) is 289 Å². The zero-order valence-electron chi connectivity index (χ0n) is 49.4. The van der Waals surface area contributed by atoms with Crippen LogP contribution in [0.1, 0.15) is 367 Å². The highest BCUT2D eigenvalue weighted by molar-refractivity contribution is 5.76. The smallest absolute Gasteiger partial charge is 0.305 e. The molecule has 0 spiro atoms. The lowest BCUT2D eigenvalue weighted by atomic mass is 10.0. The molecule has 2 unspecified atom stereocenters. The molecule has 0 aliphatic heterocycles. The van der Waals surface area contributed by atoms with Gasteiger partial charge in [0, 0.05) is 12.8 Å². The third-order valence-corrected chi connectivity index (χ3v) is 15.5. The Labute approximate surface area is 456 Å². The molecule has 0 heterocycles. The molecule has 432 valence electrons. The second-order valence-electron chi connectivity index (χ2n) is 22.8. The van der Waals surface area contributed by atoms with Gasteiger partial charge in [0.2, 0.25) is 5.91 Å². The molecule has 2 atom stereocenters. The van der Waals surface area contributed by atoms with Crippen LogP contribution in [0.3, 0.4) is 0 Å². The van der Waals surface area contributed by atoms with Gasteiger partial charge in [0.25, 0.3) is 0 Å². The normalized spacial score (nSPS) is 12.7. The average Bonchev–Trinajstić information content (AvgIpc) is 3.39. The van der Waals surface area contributed by atoms with Crippen LogP contribution in [0.5, 0.6) is 0 Å². The van der Waals surface area contributed by atoms with E-state index in [1.54, 1.807) is 0 Å². The van der Waals surface area contributed by atoms with E-state index in [-0.39, 0.29) is 18.5 Å². The molecule has 0 saturated carbocycles. The summed E-state index contributed by atoms with van der Waals surface area (Å²) in [6, 6.07) is -0.545. The van der Waals surface area contributed by atoms with Crippen molar-refractivity contribution in [3.63, 3.8) is 0 Å². The van der Waals surface area contributed by atoms with Gasteiger partial charge in [-0.25, -0.2) is 0 Å². The van der Waals surface area contributed by atoms with Crippen LogP contribution in [-0.4, -0.2) is 47.4 Å². The highest BCUT2D eigenvalue weighted by Gasteiger charge is 2.20. The number of hydrogen-bond acceptors (Lipinski definition) is 5. The summed E-state index contributed by atoms with van der Waals surface area (Å²) in [5.41, 5.74) is 0. The predicted molar refractivity (Wildman–Crippen MR) is 320 cm³/mol. The van der Waals surface area contributed by atoms with Crippen LogP contribution in [-0.2, 0) is 14.3 Å². The summed E-state index contributed by atoms with van der Waals surface area (Å²) in [6.07, 6.45) is 77.8. The maximum atomic E-state index is 12.5. The standard InChI is InChI=1S/C67H129NO5/c1-3-5-7-9-11-13-15-17-18-19-27-31-34-37-41-45-49-53-57-61-67(72)73-62-58-54-50-46-42-38-35-32-29-26-24-22-20-21-23-25-28-30-33-36-40-44-48-52-56-60-66(71)68-64(63-69)65(70)59-55-51-47-43-39-16-14-12-10-8-6-4-2/h21-24,64-65,69-70H,3-20,25-63H2,1-2H3,(H,68,71)/b23-21-,24-22-. The van der Waals surface area contributed by atoms with Crippen molar-refractivity contribution >= 4 is 11.9 Å². The van der Waals surface area contributed by atoms with Crippen LogP contribution < -0.4 is 5.32 Å². The number of amides is 1. The molecule has 6 nitrogen and oxygen atoms in total. The molecule has 0 rings (SSSR count). The summed E-state index contributed by atoms with van der Waals surface area (Å²) in [5, 5.41) is 23.2. The average molecular weight is 1030 g/mol. The van der Waals surface area contributed by atoms with Gasteiger partial charge >= 0.3 is 5.97 Å². The number of carbonyl (C=O) groups is 2. The van der Waals surface area contributed by atoms with Crippen molar-refractivity contribution in [2.45, 2.75) is 379 Å². The van der Waals surface area contributed by atoms with E-state index in [0.717, 1.165) is 44.9 Å². The van der Waals surface area contributed by atoms with Crippen molar-refractivity contribution in [2.24, 2.45) is 0 Å². The van der Waals surface area contributed by atoms with Gasteiger partial charge in [-0.1, -0.05) is 321 Å². The van der Waals surface area contributed by atoms with E-state index >= 15 is 0 Å². The maximum absolute atomic E-state index is 12.5. The van der Waals surface area contributed by atoms with Gasteiger partial charge in [-0.2, -0.15) is 0 Å². The van der Waals surface area contributed by atoms with E-state index in [2.05, 4.69) is 43.5 Å². The van der Waals surface area contributed by atoms with Crippen molar-refractivity contribution in [3.05, 3.63) is 24.3 Å². The number of hydrogen-bond donors (Lipinski definition) is 3. The Morgan fingerprint density at radius 3 is 1.04 bits per heavy atom. The van der Waals surface area contributed by atoms with Crippen molar-refractivity contribution in [3.8, 4) is 0 Å². The molecule has 73 heavy (non-hydrogen) atoms. The zero-order chi connectivity index (χ0) is 52.9. The van der Waals surface area contributed by atoms with Crippen molar-refractivity contribution in [1.82, 2.24) is 5.32 Å². The van der Waals surface area contributed by atoms with Gasteiger partial charge in [0.05, 0.1) is 25.4 Å². The first-order chi connectivity index (χ1) is 36.0. The van der Waals surface area contributed by atoms with Crippen LogP contribution in [0, 0.1) is 0 Å². The topological polar surface area (TPSA) is 95.9 Å². The van der Waals surface area contributed by atoms with E-state index in [0.29, 0.717) is 25.9 Å². The number of nitrogens with one attached hydrogen (secondary N) is 1. The predicted octanol–water partition coefficient (Wildman–Crippen LogP) is 21.0. The molecule has 0 radical (unpaired) electrons. The molecule has 0 aromatic rings. The van der Waals surface area contributed by atoms with E-state index in [4.69, 9.17) is 4.74 Å². The Morgan fingerprint density at radius 1 is 0.384 bits per heavy atom. The Balaban J connectivity index is 3.39. The molecular weight excluding hydrogens is 899 g/mol. The van der Waals surface area contributed by atoms with Gasteiger partial charge in [0.1, 0.15) is 0 Å². The highest BCUT2D eigenvalue weighted by Crippen LogP contribution is 2.18. The molecule has 0 bridgehead atoms. The Kier molecular flexibility index (Phi) is 61.4. The molecule has 0 aliphatic rings. The molecule has 1 amide bonds. The summed E-state index contributed by atoms with van der Waals surface area (Å²) in [5.74, 6) is -0.0260. The molecule has 0 aliphatic carbocycles. The van der Waals surface area contributed by atoms with Crippen LogP contribution >= 0.6 is 0 Å². The first kappa shape index (κ1) is 71.3. The lowest BCUT2D eigenvalue weighted by Gasteiger charge is -2.22. The second-order valence-corrected chi connectivity index (χ2v) is 22.8. The SMILES string of the molecule is CCCCCCCCCCCCCCCCCCCCCC(=O)OCCCCCCCCCCC/C=C\C/C=C\CCCCCCCCCCCC(=O)NC(CO)C(O)CCCCCCCCCCCCCC. The van der Waals surface area contributed by atoms with Gasteiger partial charge in [0.15, 0.2) is 0 Å². The molecule has 3 N–H and O–H groups in total. The van der Waals surface area contributed by atoms with Gasteiger partial charge in [-0.15, -0.1) is 0 Å². The number of unbranched alkanes of at least 4 members (excludes halogenated alkanes) is 47. The quantitative estimate of drug-likeness (QED) is 0.0320. The lowest BCUT2D eigenvalue weighted by Crippen LogP contribution is -2.45. The number of ether oxygens (including phenoxy) is 1. The van der Waals surface area contributed by atoms with E-state index in [9.17, 15) is 19.8 Å². The number of carbonyl (C=O) groups excluding carboxylic acids is 2. The number of allylic oxidation sites excluding steroid dienone is 4. The number of aliphatic hydroxyl groups excluding tert-OH is 2. The Morgan fingerprint density at radius 2 is 0.685 bits per heavy atom. The van der Waals surface area contributed by atoms with Crippen LogP contribution in [0.15, 0.2) is 24.3 Å². The third-order valence-electron chi connectivity index (χ3n) is 15.5. The molecule has 0 aromatic carbocycles. The van der Waals surface area contributed by atoms with E-state index < -0.39 is 12.1 Å². The second kappa shape index (κ2) is 62.9. The van der Waals surface area contributed by atoms with Crippen molar-refractivity contribution in [1.29, 1.82) is 0 Å². The Hall–Kier alpha value is -1.66. The number of rotatable bonds is 62. The number of esters is 1. The fourth-order valence-electron chi connectivity index (χ4n) is 10.4. The minimum atomic E-state index is -0.667. The molecule has 0 fully saturated rings.